The fourth-order valence-electron chi connectivity index (χ4n) is 2.63. The smallest absolute Gasteiger partial charge is 0.134 e. The Labute approximate surface area is 156 Å². The average Bonchev–Trinajstić information content (AvgIpc) is 3.05. The average molecular weight is 401 g/mol. The second-order valence-corrected chi connectivity index (χ2v) is 7.99. The van der Waals surface area contributed by atoms with Crippen LogP contribution in [0, 0.1) is 6.92 Å². The van der Waals surface area contributed by atoms with Crippen molar-refractivity contribution >= 4 is 27.3 Å². The molecule has 3 rings (SSSR count). The van der Waals surface area contributed by atoms with E-state index in [-0.39, 0.29) is 0 Å². The number of benzene rings is 2. The van der Waals surface area contributed by atoms with Gasteiger partial charge in [-0.1, -0.05) is 37.3 Å². The van der Waals surface area contributed by atoms with Gasteiger partial charge in [-0.25, -0.2) is 0 Å². The van der Waals surface area contributed by atoms with Crippen LogP contribution in [0.3, 0.4) is 0 Å². The van der Waals surface area contributed by atoms with Gasteiger partial charge in [0.05, 0.1) is 4.47 Å². The zero-order valence-electron chi connectivity index (χ0n) is 14.0. The third kappa shape index (κ3) is 4.28. The zero-order chi connectivity index (χ0) is 16.9. The van der Waals surface area contributed by atoms with Crippen LogP contribution >= 0.6 is 27.3 Å². The SMILES string of the molecule is CCc1ccc(Cc2cc(Br)c(OCc3ccccc3)cc2C)s1. The second kappa shape index (κ2) is 8.00. The summed E-state index contributed by atoms with van der Waals surface area (Å²) < 4.78 is 7.01. The van der Waals surface area contributed by atoms with Gasteiger partial charge < -0.3 is 4.74 Å². The van der Waals surface area contributed by atoms with Gasteiger partial charge in [-0.05, 0) is 70.2 Å². The first-order chi connectivity index (χ1) is 11.7. The number of rotatable bonds is 6. The lowest BCUT2D eigenvalue weighted by Gasteiger charge is -2.12. The van der Waals surface area contributed by atoms with Crippen LogP contribution in [0.15, 0.2) is 59.1 Å². The first-order valence-electron chi connectivity index (χ1n) is 8.19. The molecule has 1 aromatic heterocycles. The molecule has 0 saturated carbocycles. The molecule has 0 aliphatic heterocycles. The molecule has 124 valence electrons. The van der Waals surface area contributed by atoms with Gasteiger partial charge in [0.15, 0.2) is 0 Å². The van der Waals surface area contributed by atoms with E-state index in [1.165, 1.54) is 26.4 Å². The standard InChI is InChI=1S/C21H21BrOS/c1-3-18-9-10-19(24-18)12-17-13-20(22)21(11-15(17)2)23-14-16-7-5-4-6-8-16/h4-11,13H,3,12,14H2,1-2H3. The fraction of sp³-hybridized carbons (Fsp3) is 0.238. The van der Waals surface area contributed by atoms with Crippen molar-refractivity contribution in [2.24, 2.45) is 0 Å². The predicted octanol–water partition coefficient (Wildman–Crippen LogP) is 6.55. The Morgan fingerprint density at radius 2 is 1.75 bits per heavy atom. The molecule has 24 heavy (non-hydrogen) atoms. The lowest BCUT2D eigenvalue weighted by atomic mass is 10.0. The van der Waals surface area contributed by atoms with Gasteiger partial charge in [-0.3, -0.25) is 0 Å². The fourth-order valence-corrected chi connectivity index (χ4v) is 4.11. The summed E-state index contributed by atoms with van der Waals surface area (Å²) in [5.41, 5.74) is 3.79. The van der Waals surface area contributed by atoms with Gasteiger partial charge >= 0.3 is 0 Å². The molecule has 0 bridgehead atoms. The third-order valence-electron chi connectivity index (χ3n) is 4.06. The molecule has 2 aromatic carbocycles. The summed E-state index contributed by atoms with van der Waals surface area (Å²) >= 11 is 5.57. The summed E-state index contributed by atoms with van der Waals surface area (Å²) in [4.78, 5) is 2.87. The van der Waals surface area contributed by atoms with Crippen LogP contribution < -0.4 is 4.74 Å². The van der Waals surface area contributed by atoms with E-state index >= 15 is 0 Å². The van der Waals surface area contributed by atoms with E-state index in [0.29, 0.717) is 6.61 Å². The van der Waals surface area contributed by atoms with Gasteiger partial charge in [0.1, 0.15) is 12.4 Å². The third-order valence-corrected chi connectivity index (χ3v) is 5.91. The van der Waals surface area contributed by atoms with Crippen molar-refractivity contribution in [3.05, 3.63) is 85.5 Å². The highest BCUT2D eigenvalue weighted by atomic mass is 79.9. The first kappa shape index (κ1) is 17.2. The molecule has 3 heteroatoms. The van der Waals surface area contributed by atoms with Crippen molar-refractivity contribution < 1.29 is 4.74 Å². The Morgan fingerprint density at radius 1 is 1.00 bits per heavy atom. The van der Waals surface area contributed by atoms with Gasteiger partial charge in [-0.2, -0.15) is 0 Å². The minimum atomic E-state index is 0.586. The minimum absolute atomic E-state index is 0.586. The maximum absolute atomic E-state index is 5.99. The molecule has 0 spiro atoms. The van der Waals surface area contributed by atoms with Crippen LogP contribution in [0.5, 0.6) is 5.75 Å². The molecule has 0 saturated heterocycles. The van der Waals surface area contributed by atoms with Gasteiger partial charge in [0.25, 0.3) is 0 Å². The normalized spacial score (nSPS) is 10.8. The second-order valence-electron chi connectivity index (χ2n) is 5.88. The first-order valence-corrected chi connectivity index (χ1v) is 9.80. The molecular formula is C21H21BrOS. The molecule has 0 N–H and O–H groups in total. The number of halogens is 1. The van der Waals surface area contributed by atoms with Crippen LogP contribution in [0.1, 0.15) is 33.4 Å². The van der Waals surface area contributed by atoms with Crippen molar-refractivity contribution in [1.82, 2.24) is 0 Å². The highest BCUT2D eigenvalue weighted by molar-refractivity contribution is 9.10. The molecule has 1 nitrogen and oxygen atoms in total. The van der Waals surface area contributed by atoms with Crippen LogP contribution in [0.25, 0.3) is 0 Å². The molecule has 0 atom stereocenters. The summed E-state index contributed by atoms with van der Waals surface area (Å²) in [6, 6.07) is 19.1. The summed E-state index contributed by atoms with van der Waals surface area (Å²) in [6.07, 6.45) is 2.09. The van der Waals surface area contributed by atoms with Crippen molar-refractivity contribution in [3.63, 3.8) is 0 Å². The summed E-state index contributed by atoms with van der Waals surface area (Å²) in [5, 5.41) is 0. The minimum Gasteiger partial charge on any atom is -0.488 e. The van der Waals surface area contributed by atoms with E-state index in [0.717, 1.165) is 23.1 Å². The lowest BCUT2D eigenvalue weighted by molar-refractivity contribution is 0.304. The summed E-state index contributed by atoms with van der Waals surface area (Å²) in [6.45, 7) is 4.95. The number of ether oxygens (including phenoxy) is 1. The van der Waals surface area contributed by atoms with Crippen molar-refractivity contribution in [3.8, 4) is 5.75 Å². The molecule has 0 unspecified atom stereocenters. The summed E-state index contributed by atoms with van der Waals surface area (Å²) in [7, 11) is 0. The Morgan fingerprint density at radius 3 is 2.46 bits per heavy atom. The molecule has 0 radical (unpaired) electrons. The topological polar surface area (TPSA) is 9.23 Å². The molecule has 0 fully saturated rings. The van der Waals surface area contributed by atoms with E-state index in [1.807, 2.05) is 29.5 Å². The molecule has 1 heterocycles. The predicted molar refractivity (Wildman–Crippen MR) is 106 cm³/mol. The quantitative estimate of drug-likeness (QED) is 0.455. The Balaban J connectivity index is 1.73. The van der Waals surface area contributed by atoms with E-state index < -0.39 is 0 Å². The lowest BCUT2D eigenvalue weighted by Crippen LogP contribution is -1.98. The zero-order valence-corrected chi connectivity index (χ0v) is 16.4. The van der Waals surface area contributed by atoms with Crippen LogP contribution in [-0.4, -0.2) is 0 Å². The highest BCUT2D eigenvalue weighted by Crippen LogP contribution is 2.31. The molecule has 0 aliphatic carbocycles. The van der Waals surface area contributed by atoms with E-state index in [9.17, 15) is 0 Å². The molecular weight excluding hydrogens is 380 g/mol. The van der Waals surface area contributed by atoms with Crippen LogP contribution in [0.2, 0.25) is 0 Å². The van der Waals surface area contributed by atoms with Crippen LogP contribution in [-0.2, 0) is 19.4 Å². The maximum atomic E-state index is 5.99. The number of aryl methyl sites for hydroxylation is 2. The number of thiophene rings is 1. The molecule has 0 aliphatic rings. The van der Waals surface area contributed by atoms with Gasteiger partial charge in [0, 0.05) is 16.2 Å². The van der Waals surface area contributed by atoms with E-state index in [4.69, 9.17) is 4.74 Å². The van der Waals surface area contributed by atoms with Crippen molar-refractivity contribution in [2.45, 2.75) is 33.3 Å². The van der Waals surface area contributed by atoms with Crippen LogP contribution in [0.4, 0.5) is 0 Å². The molecule has 3 aromatic rings. The van der Waals surface area contributed by atoms with Gasteiger partial charge in [0.2, 0.25) is 0 Å². The Hall–Kier alpha value is -1.58. The summed E-state index contributed by atoms with van der Waals surface area (Å²) in [5.74, 6) is 0.903. The van der Waals surface area contributed by atoms with Crippen molar-refractivity contribution in [1.29, 1.82) is 0 Å². The van der Waals surface area contributed by atoms with E-state index in [2.05, 4.69) is 66.2 Å². The monoisotopic (exact) mass is 400 g/mol. The van der Waals surface area contributed by atoms with E-state index in [1.54, 1.807) is 0 Å². The Bertz CT molecular complexity index is 808. The number of hydrogen-bond donors (Lipinski definition) is 0. The maximum Gasteiger partial charge on any atom is 0.134 e. The number of hydrogen-bond acceptors (Lipinski definition) is 2. The highest BCUT2D eigenvalue weighted by Gasteiger charge is 2.09. The van der Waals surface area contributed by atoms with Gasteiger partial charge in [-0.15, -0.1) is 11.3 Å². The van der Waals surface area contributed by atoms with Crippen molar-refractivity contribution in [2.75, 3.05) is 0 Å². The largest absolute Gasteiger partial charge is 0.488 e. The molecule has 0 amide bonds. The Kier molecular flexibility index (Phi) is 5.75.